The van der Waals surface area contributed by atoms with Crippen LogP contribution in [0.1, 0.15) is 129 Å². The Morgan fingerprint density at radius 2 is 1.12 bits per heavy atom. The number of imide groups is 2. The van der Waals surface area contributed by atoms with Gasteiger partial charge in [-0.15, -0.1) is 0 Å². The highest BCUT2D eigenvalue weighted by molar-refractivity contribution is 6.35. The highest BCUT2D eigenvalue weighted by Crippen LogP contribution is 2.58. The molecule has 0 saturated heterocycles. The molecule has 11 heteroatoms. The van der Waals surface area contributed by atoms with E-state index in [9.17, 15) is 34.2 Å². The number of aromatic hydroxyl groups is 2. The van der Waals surface area contributed by atoms with Gasteiger partial charge in [0.05, 0.1) is 33.4 Å². The maximum atomic E-state index is 14.5. The molecule has 0 fully saturated rings. The first kappa shape index (κ1) is 46.0. The van der Waals surface area contributed by atoms with Gasteiger partial charge in [-0.2, -0.15) is 0 Å². The average Bonchev–Trinajstić information content (AvgIpc) is 4.00. The number of aryl methyl sites for hydroxylation is 1. The second-order valence-electron chi connectivity index (χ2n) is 20.8. The highest BCUT2D eigenvalue weighted by atomic mass is 16.3. The second kappa shape index (κ2) is 16.5. The molecule has 0 spiro atoms. The summed E-state index contributed by atoms with van der Waals surface area (Å²) in [5, 5.41) is 28.7. The van der Waals surface area contributed by atoms with Gasteiger partial charge in [0.2, 0.25) is 0 Å². The number of phenols is 2. The largest absolute Gasteiger partial charge is 0.508 e. The van der Waals surface area contributed by atoms with Gasteiger partial charge >= 0.3 is 0 Å². The van der Waals surface area contributed by atoms with Crippen LogP contribution >= 0.6 is 0 Å². The molecule has 12 rings (SSSR count). The lowest BCUT2D eigenvalue weighted by Gasteiger charge is -2.35. The monoisotopic (exact) mass is 974 g/mol. The molecule has 5 amide bonds. The Bertz CT molecular complexity index is 3760. The summed E-state index contributed by atoms with van der Waals surface area (Å²) in [7, 11) is 1.49. The molecule has 364 valence electrons. The number of rotatable bonds is 9. The van der Waals surface area contributed by atoms with Crippen molar-refractivity contribution in [3.8, 4) is 22.6 Å². The number of nitrogens with zero attached hydrogens (tertiary/aromatic N) is 2. The second-order valence-corrected chi connectivity index (χ2v) is 20.8. The Balaban J connectivity index is 0.795. The fourth-order valence-corrected chi connectivity index (χ4v) is 12.3. The number of carbonyl (C=O) groups excluding carboxylic acids is 5. The minimum atomic E-state index is -0.952. The van der Waals surface area contributed by atoms with Gasteiger partial charge in [0.1, 0.15) is 11.5 Å². The maximum absolute atomic E-state index is 14.5. The predicted molar refractivity (Wildman–Crippen MR) is 285 cm³/mol. The SMILES string of the molecule is Cc1cc(C2(c3ccc(O)c(N4C(=O)c5ccc(C(=O)Nc6ccc7c(c6)C(C)(C)CC7(C)c6ccc(NCc7ccc8c(c7)C(=O)N(C)C8=O)cc6)cc5C4=O)c3)c3ccccc3-c3ccccc32)ccc1O. The number of fused-ring (bicyclic) bond motifs is 6. The molecule has 1 unspecified atom stereocenters. The number of hydrogen-bond acceptors (Lipinski definition) is 8. The Labute approximate surface area is 427 Å². The van der Waals surface area contributed by atoms with Crippen molar-refractivity contribution in [2.24, 2.45) is 0 Å². The molecule has 0 aromatic heterocycles. The van der Waals surface area contributed by atoms with Crippen molar-refractivity contribution in [2.45, 2.75) is 56.9 Å². The van der Waals surface area contributed by atoms with Crippen molar-refractivity contribution in [3.63, 3.8) is 0 Å². The molecule has 74 heavy (non-hydrogen) atoms. The topological polar surface area (TPSA) is 156 Å². The predicted octanol–water partition coefficient (Wildman–Crippen LogP) is 11.6. The summed E-state index contributed by atoms with van der Waals surface area (Å²) in [5.74, 6) is -2.43. The van der Waals surface area contributed by atoms with Crippen molar-refractivity contribution in [2.75, 3.05) is 22.6 Å². The summed E-state index contributed by atoms with van der Waals surface area (Å²) in [6.07, 6.45) is 0.823. The van der Waals surface area contributed by atoms with Crippen LogP contribution in [-0.2, 0) is 22.8 Å². The minimum absolute atomic E-state index is 0.0101. The molecule has 2 aliphatic heterocycles. The van der Waals surface area contributed by atoms with Crippen LogP contribution in [0.5, 0.6) is 11.5 Å². The molecule has 0 radical (unpaired) electrons. The van der Waals surface area contributed by atoms with E-state index in [1.54, 1.807) is 24.3 Å². The lowest BCUT2D eigenvalue weighted by Crippen LogP contribution is -2.32. The average molecular weight is 975 g/mol. The van der Waals surface area contributed by atoms with E-state index in [0.717, 1.165) is 72.0 Å². The van der Waals surface area contributed by atoms with Crippen LogP contribution in [0, 0.1) is 6.92 Å². The molecule has 8 aromatic rings. The van der Waals surface area contributed by atoms with Gasteiger partial charge in [-0.25, -0.2) is 4.90 Å². The van der Waals surface area contributed by atoms with Crippen LogP contribution in [0.25, 0.3) is 11.1 Å². The summed E-state index contributed by atoms with van der Waals surface area (Å²) in [6.45, 7) is 8.97. The number of phenolic OH excluding ortho intramolecular Hbond substituents is 2. The van der Waals surface area contributed by atoms with E-state index in [-0.39, 0.29) is 56.5 Å². The molecule has 2 aliphatic carbocycles. The van der Waals surface area contributed by atoms with Crippen LogP contribution in [-0.4, -0.2) is 51.7 Å². The molecule has 0 saturated carbocycles. The normalized spacial score (nSPS) is 17.5. The summed E-state index contributed by atoms with van der Waals surface area (Å²) in [5.41, 5.74) is 11.7. The van der Waals surface area contributed by atoms with Gasteiger partial charge in [-0.05, 0) is 153 Å². The number of amides is 5. The number of anilines is 3. The maximum Gasteiger partial charge on any atom is 0.266 e. The van der Waals surface area contributed by atoms with Crippen LogP contribution in [0.3, 0.4) is 0 Å². The zero-order valence-corrected chi connectivity index (χ0v) is 41.3. The van der Waals surface area contributed by atoms with Gasteiger partial charge < -0.3 is 20.8 Å². The van der Waals surface area contributed by atoms with Crippen molar-refractivity contribution in [3.05, 3.63) is 242 Å². The number of nitrogens with one attached hydrogen (secondary N) is 2. The zero-order valence-electron chi connectivity index (χ0n) is 41.3. The fourth-order valence-electron chi connectivity index (χ4n) is 12.3. The first-order valence-electron chi connectivity index (χ1n) is 24.6. The standard InChI is InChI=1S/C63H50N4O7/c1-35-28-39(18-26-54(35)68)63(49-12-8-6-10-43(49)44-11-7-9-13-50(44)63)40-19-27-55(69)53(31-40)67-59(73)46-24-15-37(30-48(46)60(67)74)56(70)65-42-22-25-51-52(32-42)61(2,3)34-62(51,4)38-16-20-41(21-17-38)64-33-36-14-23-45-47(29-36)58(72)66(5)57(45)71/h6-32,64,68-69H,33-34H2,1-5H3,(H,65,70). The Morgan fingerprint density at radius 1 is 0.541 bits per heavy atom. The van der Waals surface area contributed by atoms with E-state index in [1.807, 2.05) is 79.7 Å². The zero-order chi connectivity index (χ0) is 51.6. The Kier molecular flexibility index (Phi) is 10.2. The molecule has 2 heterocycles. The Hall–Kier alpha value is -9.09. The van der Waals surface area contributed by atoms with E-state index in [2.05, 4.69) is 73.9 Å². The van der Waals surface area contributed by atoms with Crippen molar-refractivity contribution >= 4 is 46.6 Å². The number of carbonyl (C=O) groups is 5. The molecule has 11 nitrogen and oxygen atoms in total. The van der Waals surface area contributed by atoms with Gasteiger partial charge in [0.25, 0.3) is 29.5 Å². The lowest BCUT2D eigenvalue weighted by molar-refractivity contribution is 0.0691. The fraction of sp³-hybridized carbons (Fsp3) is 0.159. The van der Waals surface area contributed by atoms with Gasteiger partial charge in [0, 0.05) is 35.9 Å². The first-order valence-corrected chi connectivity index (χ1v) is 24.6. The van der Waals surface area contributed by atoms with Crippen molar-refractivity contribution in [1.29, 1.82) is 0 Å². The quantitative estimate of drug-likeness (QED) is 0.104. The number of hydrogen-bond donors (Lipinski definition) is 4. The molecule has 8 aromatic carbocycles. The molecule has 4 aliphatic rings. The van der Waals surface area contributed by atoms with Gasteiger partial charge in [-0.1, -0.05) is 112 Å². The minimum Gasteiger partial charge on any atom is -0.508 e. The van der Waals surface area contributed by atoms with Gasteiger partial charge in [-0.3, -0.25) is 28.9 Å². The molecule has 0 bridgehead atoms. The molecular formula is C63H50N4O7. The first-order chi connectivity index (χ1) is 35.5. The lowest BCUT2D eigenvalue weighted by atomic mass is 9.67. The van der Waals surface area contributed by atoms with Crippen molar-refractivity contribution < 1.29 is 34.2 Å². The van der Waals surface area contributed by atoms with Crippen LogP contribution < -0.4 is 15.5 Å². The van der Waals surface area contributed by atoms with E-state index in [0.29, 0.717) is 34.5 Å². The Morgan fingerprint density at radius 3 is 1.82 bits per heavy atom. The molecule has 4 N–H and O–H groups in total. The smallest absolute Gasteiger partial charge is 0.266 e. The summed E-state index contributed by atoms with van der Waals surface area (Å²) in [6, 6.07) is 50.9. The van der Waals surface area contributed by atoms with Crippen LogP contribution in [0.15, 0.2) is 164 Å². The highest BCUT2D eigenvalue weighted by Gasteiger charge is 2.48. The van der Waals surface area contributed by atoms with Crippen LogP contribution in [0.4, 0.5) is 17.1 Å². The number of benzene rings is 8. The van der Waals surface area contributed by atoms with Crippen LogP contribution in [0.2, 0.25) is 0 Å². The van der Waals surface area contributed by atoms with Gasteiger partial charge in [0.15, 0.2) is 0 Å². The summed E-state index contributed by atoms with van der Waals surface area (Å²) >= 11 is 0. The summed E-state index contributed by atoms with van der Waals surface area (Å²) in [4.78, 5) is 69.9. The third kappa shape index (κ3) is 6.76. The van der Waals surface area contributed by atoms with E-state index in [4.69, 9.17) is 0 Å². The van der Waals surface area contributed by atoms with E-state index < -0.39 is 23.1 Å². The summed E-state index contributed by atoms with van der Waals surface area (Å²) < 4.78 is 0. The molecular weight excluding hydrogens is 925 g/mol. The van der Waals surface area contributed by atoms with E-state index >= 15 is 0 Å². The third-order valence-corrected chi connectivity index (χ3v) is 15.9. The third-order valence-electron chi connectivity index (χ3n) is 15.9. The van der Waals surface area contributed by atoms with E-state index in [1.165, 1.54) is 31.3 Å². The molecule has 1 atom stereocenters. The van der Waals surface area contributed by atoms with Crippen molar-refractivity contribution in [1.82, 2.24) is 4.90 Å².